The molecule has 1 aliphatic rings. The van der Waals surface area contributed by atoms with Crippen molar-refractivity contribution in [2.75, 3.05) is 19.7 Å². The monoisotopic (exact) mass is 171 g/mol. The molecule has 0 spiro atoms. The average Bonchev–Trinajstić information content (AvgIpc) is 2.51. The maximum absolute atomic E-state index is 11.4. The number of nitrogens with one attached hydrogen (secondary N) is 1. The van der Waals surface area contributed by atoms with Gasteiger partial charge in [-0.25, -0.2) is 0 Å². The summed E-state index contributed by atoms with van der Waals surface area (Å²) in [4.78, 5) is 11.4. The zero-order valence-corrected chi connectivity index (χ0v) is 7.80. The lowest BCUT2D eigenvalue weighted by Gasteiger charge is -2.14. The fraction of sp³-hybridized carbons (Fsp3) is 0.889. The van der Waals surface area contributed by atoms with Crippen LogP contribution >= 0.6 is 0 Å². The van der Waals surface area contributed by atoms with Crippen molar-refractivity contribution in [1.82, 2.24) is 5.32 Å². The Morgan fingerprint density at radius 3 is 2.83 bits per heavy atom. The topological polar surface area (TPSA) is 38.3 Å². The van der Waals surface area contributed by atoms with Crippen molar-refractivity contribution >= 4 is 5.97 Å². The van der Waals surface area contributed by atoms with E-state index in [1.54, 1.807) is 0 Å². The minimum atomic E-state index is -0.0330. The lowest BCUT2D eigenvalue weighted by molar-refractivity contribution is -0.148. The van der Waals surface area contributed by atoms with Gasteiger partial charge in [-0.05, 0) is 19.4 Å². The minimum absolute atomic E-state index is 0.0330. The highest BCUT2D eigenvalue weighted by Crippen LogP contribution is 2.20. The molecule has 0 aromatic heterocycles. The van der Waals surface area contributed by atoms with Gasteiger partial charge in [-0.2, -0.15) is 0 Å². The molecule has 0 radical (unpaired) electrons. The van der Waals surface area contributed by atoms with E-state index in [1.165, 1.54) is 0 Å². The van der Waals surface area contributed by atoms with Crippen LogP contribution in [0.2, 0.25) is 0 Å². The number of ether oxygens (including phenoxy) is 1. The summed E-state index contributed by atoms with van der Waals surface area (Å²) >= 11 is 0. The molecule has 0 aromatic carbocycles. The molecule has 1 heterocycles. The third kappa shape index (κ3) is 1.97. The predicted molar refractivity (Wildman–Crippen MR) is 46.8 cm³/mol. The number of rotatable bonds is 3. The van der Waals surface area contributed by atoms with Crippen molar-refractivity contribution in [2.24, 2.45) is 11.8 Å². The molecule has 3 heteroatoms. The predicted octanol–water partition coefficient (Wildman–Crippen LogP) is 0.795. The first-order valence-electron chi connectivity index (χ1n) is 4.66. The molecule has 1 aliphatic heterocycles. The molecule has 1 fully saturated rings. The fourth-order valence-corrected chi connectivity index (χ4v) is 1.69. The van der Waals surface area contributed by atoms with Gasteiger partial charge in [0, 0.05) is 6.54 Å². The van der Waals surface area contributed by atoms with E-state index in [4.69, 9.17) is 4.74 Å². The molecule has 0 bridgehead atoms. The zero-order valence-electron chi connectivity index (χ0n) is 7.80. The number of hydrogen-bond acceptors (Lipinski definition) is 3. The number of carbonyl (C=O) groups is 1. The Morgan fingerprint density at radius 2 is 2.25 bits per heavy atom. The van der Waals surface area contributed by atoms with Gasteiger partial charge in [0.15, 0.2) is 0 Å². The molecule has 0 saturated carbocycles. The van der Waals surface area contributed by atoms with Gasteiger partial charge in [0.25, 0.3) is 0 Å². The summed E-state index contributed by atoms with van der Waals surface area (Å²) in [6.45, 7) is 6.20. The molecule has 0 aliphatic carbocycles. The van der Waals surface area contributed by atoms with Crippen LogP contribution in [0.5, 0.6) is 0 Å². The van der Waals surface area contributed by atoms with Crippen molar-refractivity contribution < 1.29 is 9.53 Å². The van der Waals surface area contributed by atoms with Crippen LogP contribution in [-0.4, -0.2) is 25.7 Å². The number of hydrogen-bond donors (Lipinski definition) is 1. The van der Waals surface area contributed by atoms with E-state index < -0.39 is 0 Å². The van der Waals surface area contributed by atoms with Gasteiger partial charge in [0.05, 0.1) is 12.5 Å². The van der Waals surface area contributed by atoms with Gasteiger partial charge in [0.1, 0.15) is 0 Å². The molecular formula is C9H17NO2. The van der Waals surface area contributed by atoms with Crippen molar-refractivity contribution in [3.8, 4) is 0 Å². The van der Waals surface area contributed by atoms with Crippen molar-refractivity contribution in [2.45, 2.75) is 20.3 Å². The smallest absolute Gasteiger partial charge is 0.310 e. The maximum atomic E-state index is 11.4. The molecule has 1 saturated heterocycles. The second-order valence-corrected chi connectivity index (χ2v) is 3.19. The van der Waals surface area contributed by atoms with E-state index >= 15 is 0 Å². The Balaban J connectivity index is 2.43. The fourth-order valence-electron chi connectivity index (χ4n) is 1.69. The summed E-state index contributed by atoms with van der Waals surface area (Å²) in [6.07, 6.45) is 1.05. The van der Waals surface area contributed by atoms with Gasteiger partial charge in [-0.3, -0.25) is 4.79 Å². The molecule has 1 N–H and O–H groups in total. The highest BCUT2D eigenvalue weighted by Gasteiger charge is 2.32. The Labute approximate surface area is 73.5 Å². The average molecular weight is 171 g/mol. The Bertz CT molecular complexity index is 159. The quantitative estimate of drug-likeness (QED) is 0.638. The van der Waals surface area contributed by atoms with E-state index in [2.05, 4.69) is 12.2 Å². The summed E-state index contributed by atoms with van der Waals surface area (Å²) < 4.78 is 4.98. The largest absolute Gasteiger partial charge is 0.466 e. The minimum Gasteiger partial charge on any atom is -0.466 e. The van der Waals surface area contributed by atoms with Crippen molar-refractivity contribution in [1.29, 1.82) is 0 Å². The third-order valence-corrected chi connectivity index (χ3v) is 2.45. The molecule has 12 heavy (non-hydrogen) atoms. The third-order valence-electron chi connectivity index (χ3n) is 2.45. The lowest BCUT2D eigenvalue weighted by Crippen LogP contribution is -2.24. The van der Waals surface area contributed by atoms with E-state index in [0.717, 1.165) is 19.5 Å². The van der Waals surface area contributed by atoms with E-state index in [9.17, 15) is 4.79 Å². The van der Waals surface area contributed by atoms with Crippen LogP contribution in [0.15, 0.2) is 0 Å². The van der Waals surface area contributed by atoms with Gasteiger partial charge in [-0.1, -0.05) is 13.3 Å². The summed E-state index contributed by atoms with van der Waals surface area (Å²) in [5.41, 5.74) is 0. The summed E-state index contributed by atoms with van der Waals surface area (Å²) in [5.74, 6) is 0.536. The van der Waals surface area contributed by atoms with Gasteiger partial charge < -0.3 is 10.1 Å². The first kappa shape index (κ1) is 9.52. The Morgan fingerprint density at radius 1 is 1.50 bits per heavy atom. The molecule has 2 unspecified atom stereocenters. The first-order valence-corrected chi connectivity index (χ1v) is 4.66. The molecule has 0 amide bonds. The van der Waals surface area contributed by atoms with Gasteiger partial charge in [-0.15, -0.1) is 0 Å². The normalized spacial score (nSPS) is 28.8. The van der Waals surface area contributed by atoms with E-state index in [1.807, 2.05) is 6.92 Å². The molecule has 0 aromatic rings. The van der Waals surface area contributed by atoms with Crippen LogP contribution in [0.4, 0.5) is 0 Å². The highest BCUT2D eigenvalue weighted by atomic mass is 16.5. The standard InChI is InChI=1S/C9H17NO2/c1-3-7-5-10-6-8(7)9(11)12-4-2/h7-8,10H,3-6H2,1-2H3. The zero-order chi connectivity index (χ0) is 8.97. The molecule has 2 atom stereocenters. The highest BCUT2D eigenvalue weighted by molar-refractivity contribution is 5.73. The van der Waals surface area contributed by atoms with Gasteiger partial charge in [0.2, 0.25) is 0 Å². The SMILES string of the molecule is CCOC(=O)C1CNCC1CC. The van der Waals surface area contributed by atoms with E-state index in [0.29, 0.717) is 12.5 Å². The van der Waals surface area contributed by atoms with Crippen LogP contribution in [0, 0.1) is 11.8 Å². The Kier molecular flexibility index (Phi) is 3.53. The second-order valence-electron chi connectivity index (χ2n) is 3.19. The number of esters is 1. The van der Waals surface area contributed by atoms with Gasteiger partial charge >= 0.3 is 5.97 Å². The van der Waals surface area contributed by atoms with Crippen molar-refractivity contribution in [3.63, 3.8) is 0 Å². The molecule has 70 valence electrons. The van der Waals surface area contributed by atoms with Crippen LogP contribution in [0.3, 0.4) is 0 Å². The Hall–Kier alpha value is -0.570. The summed E-state index contributed by atoms with van der Waals surface area (Å²) in [6, 6.07) is 0. The maximum Gasteiger partial charge on any atom is 0.310 e. The molecular weight excluding hydrogens is 154 g/mol. The van der Waals surface area contributed by atoms with Crippen LogP contribution in [0.25, 0.3) is 0 Å². The summed E-state index contributed by atoms with van der Waals surface area (Å²) in [7, 11) is 0. The first-order chi connectivity index (χ1) is 5.79. The molecule has 1 rings (SSSR count). The number of carbonyl (C=O) groups excluding carboxylic acids is 1. The van der Waals surface area contributed by atoms with Crippen LogP contribution < -0.4 is 5.32 Å². The van der Waals surface area contributed by atoms with E-state index in [-0.39, 0.29) is 11.9 Å². The van der Waals surface area contributed by atoms with Crippen LogP contribution in [0.1, 0.15) is 20.3 Å². The lowest BCUT2D eigenvalue weighted by atomic mass is 9.94. The van der Waals surface area contributed by atoms with Crippen molar-refractivity contribution in [3.05, 3.63) is 0 Å². The van der Waals surface area contributed by atoms with Crippen LogP contribution in [-0.2, 0) is 9.53 Å². The molecule has 3 nitrogen and oxygen atoms in total. The summed E-state index contributed by atoms with van der Waals surface area (Å²) in [5, 5.41) is 3.21. The second kappa shape index (κ2) is 4.45.